The molecule has 1 fully saturated rings. The van der Waals surface area contributed by atoms with Crippen molar-refractivity contribution in [1.29, 1.82) is 0 Å². The number of para-hydroxylation sites is 2. The molecule has 0 aliphatic carbocycles. The summed E-state index contributed by atoms with van der Waals surface area (Å²) in [4.78, 5) is 15.0. The average molecular weight is 368 g/mol. The van der Waals surface area contributed by atoms with E-state index >= 15 is 0 Å². The first-order valence-corrected chi connectivity index (χ1v) is 9.61. The van der Waals surface area contributed by atoms with Gasteiger partial charge in [0, 0.05) is 13.1 Å². The van der Waals surface area contributed by atoms with E-state index in [2.05, 4.69) is 5.32 Å². The van der Waals surface area contributed by atoms with Gasteiger partial charge in [-0.1, -0.05) is 30.3 Å². The highest BCUT2D eigenvalue weighted by Crippen LogP contribution is 2.23. The molecule has 0 saturated carbocycles. The monoisotopic (exact) mass is 368 g/mol. The van der Waals surface area contributed by atoms with Crippen LogP contribution in [0.3, 0.4) is 0 Å². The number of amides is 1. The van der Waals surface area contributed by atoms with Gasteiger partial charge in [0.05, 0.1) is 5.56 Å². The van der Waals surface area contributed by atoms with E-state index in [1.54, 1.807) is 0 Å². The Bertz CT molecular complexity index is 719. The van der Waals surface area contributed by atoms with Crippen LogP contribution in [-0.4, -0.2) is 50.7 Å². The molecule has 0 spiro atoms. The number of rotatable bonds is 8. The molecule has 0 aromatic heterocycles. The summed E-state index contributed by atoms with van der Waals surface area (Å²) >= 11 is 0. The highest BCUT2D eigenvalue weighted by molar-refractivity contribution is 5.97. The molecule has 3 rings (SSSR count). The van der Waals surface area contributed by atoms with Crippen LogP contribution < -0.4 is 14.8 Å². The Kier molecular flexibility index (Phi) is 7.11. The largest absolute Gasteiger partial charge is 0.490 e. The van der Waals surface area contributed by atoms with Crippen LogP contribution in [0, 0.1) is 5.92 Å². The molecule has 1 heterocycles. The van der Waals surface area contributed by atoms with Gasteiger partial charge in [-0.3, -0.25) is 4.79 Å². The minimum atomic E-state index is 0.0513. The quantitative estimate of drug-likeness (QED) is 0.727. The maximum absolute atomic E-state index is 13.0. The van der Waals surface area contributed by atoms with Crippen LogP contribution in [0.4, 0.5) is 0 Å². The molecule has 0 bridgehead atoms. The Labute approximate surface area is 161 Å². The molecule has 1 N–H and O–H groups in total. The topological polar surface area (TPSA) is 50.8 Å². The van der Waals surface area contributed by atoms with E-state index in [1.165, 1.54) is 6.42 Å². The van der Waals surface area contributed by atoms with Crippen LogP contribution in [0.5, 0.6) is 11.5 Å². The number of carbonyl (C=O) groups excluding carboxylic acids is 1. The van der Waals surface area contributed by atoms with E-state index < -0.39 is 0 Å². The summed E-state index contributed by atoms with van der Waals surface area (Å²) in [5.74, 6) is 2.00. The zero-order valence-electron chi connectivity index (χ0n) is 15.9. The lowest BCUT2D eigenvalue weighted by molar-refractivity contribution is 0.0669. The standard InChI is InChI=1S/C22H28N2O3/c1-23-16-18-8-7-13-24(17-18)22(25)20-11-5-6-12-21(20)27-15-14-26-19-9-3-2-4-10-19/h2-6,9-12,18,23H,7-8,13-17H2,1H3/t18-/m0/s1. The Morgan fingerprint density at radius 2 is 1.81 bits per heavy atom. The Hall–Kier alpha value is -2.53. The molecular weight excluding hydrogens is 340 g/mol. The molecule has 2 aromatic rings. The molecule has 2 aromatic carbocycles. The second-order valence-corrected chi connectivity index (χ2v) is 6.82. The smallest absolute Gasteiger partial charge is 0.257 e. The first kappa shape index (κ1) is 19.2. The molecule has 5 nitrogen and oxygen atoms in total. The maximum atomic E-state index is 13.0. The fourth-order valence-corrected chi connectivity index (χ4v) is 3.47. The molecule has 1 aliphatic rings. The molecule has 27 heavy (non-hydrogen) atoms. The van der Waals surface area contributed by atoms with Crippen LogP contribution >= 0.6 is 0 Å². The number of benzene rings is 2. The van der Waals surface area contributed by atoms with Gasteiger partial charge in [-0.15, -0.1) is 0 Å². The zero-order chi connectivity index (χ0) is 18.9. The summed E-state index contributed by atoms with van der Waals surface area (Å²) in [6.07, 6.45) is 2.21. The van der Waals surface area contributed by atoms with Gasteiger partial charge in [-0.2, -0.15) is 0 Å². The number of hydrogen-bond donors (Lipinski definition) is 1. The van der Waals surface area contributed by atoms with Crippen LogP contribution in [0.1, 0.15) is 23.2 Å². The van der Waals surface area contributed by atoms with Crippen molar-refractivity contribution in [3.05, 3.63) is 60.2 Å². The Morgan fingerprint density at radius 3 is 2.63 bits per heavy atom. The highest BCUT2D eigenvalue weighted by atomic mass is 16.5. The van der Waals surface area contributed by atoms with E-state index in [9.17, 15) is 4.79 Å². The third kappa shape index (κ3) is 5.47. The molecule has 1 atom stereocenters. The summed E-state index contributed by atoms with van der Waals surface area (Å²) < 4.78 is 11.5. The van der Waals surface area contributed by atoms with Crippen molar-refractivity contribution in [1.82, 2.24) is 10.2 Å². The summed E-state index contributed by atoms with van der Waals surface area (Å²) in [6, 6.07) is 17.1. The number of likely N-dealkylation sites (tertiary alicyclic amines) is 1. The number of carbonyl (C=O) groups is 1. The molecule has 1 amide bonds. The first-order chi connectivity index (χ1) is 13.3. The van der Waals surface area contributed by atoms with Crippen LogP contribution in [-0.2, 0) is 0 Å². The lowest BCUT2D eigenvalue weighted by atomic mass is 9.97. The fourth-order valence-electron chi connectivity index (χ4n) is 3.47. The van der Waals surface area contributed by atoms with Crippen molar-refractivity contribution in [2.45, 2.75) is 12.8 Å². The molecule has 5 heteroatoms. The van der Waals surface area contributed by atoms with Crippen molar-refractivity contribution in [3.8, 4) is 11.5 Å². The van der Waals surface area contributed by atoms with E-state index in [-0.39, 0.29) is 5.91 Å². The van der Waals surface area contributed by atoms with E-state index in [4.69, 9.17) is 9.47 Å². The van der Waals surface area contributed by atoms with Crippen molar-refractivity contribution in [2.75, 3.05) is 39.9 Å². The highest BCUT2D eigenvalue weighted by Gasteiger charge is 2.25. The summed E-state index contributed by atoms with van der Waals surface area (Å²) in [6.45, 7) is 3.37. The van der Waals surface area contributed by atoms with Gasteiger partial charge in [-0.05, 0) is 56.6 Å². The Balaban J connectivity index is 1.57. The van der Waals surface area contributed by atoms with Gasteiger partial charge < -0.3 is 19.7 Å². The van der Waals surface area contributed by atoms with Crippen molar-refractivity contribution < 1.29 is 14.3 Å². The summed E-state index contributed by atoms with van der Waals surface area (Å²) in [5, 5.41) is 3.22. The van der Waals surface area contributed by atoms with Crippen molar-refractivity contribution in [2.24, 2.45) is 5.92 Å². The second-order valence-electron chi connectivity index (χ2n) is 6.82. The van der Waals surface area contributed by atoms with E-state index in [1.807, 2.05) is 66.5 Å². The lowest BCUT2D eigenvalue weighted by Gasteiger charge is -2.33. The average Bonchev–Trinajstić information content (AvgIpc) is 2.72. The predicted molar refractivity (Wildman–Crippen MR) is 106 cm³/mol. The van der Waals surface area contributed by atoms with E-state index in [0.717, 1.165) is 31.8 Å². The summed E-state index contributed by atoms with van der Waals surface area (Å²) in [5.41, 5.74) is 0.627. The second kappa shape index (κ2) is 9.97. The fraction of sp³-hybridized carbons (Fsp3) is 0.409. The molecule has 144 valence electrons. The minimum absolute atomic E-state index is 0.0513. The van der Waals surface area contributed by atoms with Crippen molar-refractivity contribution in [3.63, 3.8) is 0 Å². The maximum Gasteiger partial charge on any atom is 0.257 e. The first-order valence-electron chi connectivity index (χ1n) is 9.61. The number of hydrogen-bond acceptors (Lipinski definition) is 4. The van der Waals surface area contributed by atoms with Crippen LogP contribution in [0.15, 0.2) is 54.6 Å². The SMILES string of the molecule is CNC[C@@H]1CCCN(C(=O)c2ccccc2OCCOc2ccccc2)C1. The van der Waals surface area contributed by atoms with Crippen molar-refractivity contribution >= 4 is 5.91 Å². The number of piperidine rings is 1. The van der Waals surface area contributed by atoms with Gasteiger partial charge in [0.1, 0.15) is 24.7 Å². The Morgan fingerprint density at radius 1 is 1.07 bits per heavy atom. The lowest BCUT2D eigenvalue weighted by Crippen LogP contribution is -2.42. The molecular formula is C22H28N2O3. The predicted octanol–water partition coefficient (Wildman–Crippen LogP) is 3.22. The van der Waals surface area contributed by atoms with Gasteiger partial charge in [0.15, 0.2) is 0 Å². The van der Waals surface area contributed by atoms with Crippen LogP contribution in [0.2, 0.25) is 0 Å². The molecule has 1 saturated heterocycles. The van der Waals surface area contributed by atoms with Crippen LogP contribution in [0.25, 0.3) is 0 Å². The van der Waals surface area contributed by atoms with Gasteiger partial charge in [0.2, 0.25) is 0 Å². The molecule has 0 unspecified atom stereocenters. The minimum Gasteiger partial charge on any atom is -0.490 e. The third-order valence-corrected chi connectivity index (χ3v) is 4.77. The molecule has 1 aliphatic heterocycles. The molecule has 0 radical (unpaired) electrons. The van der Waals surface area contributed by atoms with Gasteiger partial charge >= 0.3 is 0 Å². The van der Waals surface area contributed by atoms with Gasteiger partial charge in [0.25, 0.3) is 5.91 Å². The number of nitrogens with zero attached hydrogens (tertiary/aromatic N) is 1. The number of ether oxygens (including phenoxy) is 2. The zero-order valence-corrected chi connectivity index (χ0v) is 15.9. The number of nitrogens with one attached hydrogen (secondary N) is 1. The normalized spacial score (nSPS) is 16.8. The van der Waals surface area contributed by atoms with Gasteiger partial charge in [-0.25, -0.2) is 0 Å². The third-order valence-electron chi connectivity index (χ3n) is 4.77. The summed E-state index contributed by atoms with van der Waals surface area (Å²) in [7, 11) is 1.96. The van der Waals surface area contributed by atoms with E-state index in [0.29, 0.717) is 30.4 Å².